The molecule has 0 amide bonds. The van der Waals surface area contributed by atoms with E-state index < -0.39 is 4.87 Å². The van der Waals surface area contributed by atoms with Crippen molar-refractivity contribution in [1.29, 1.82) is 0 Å². The van der Waals surface area contributed by atoms with E-state index in [0.717, 1.165) is 6.29 Å². The van der Waals surface area contributed by atoms with Crippen molar-refractivity contribution >= 4 is 17.9 Å². The van der Waals surface area contributed by atoms with E-state index in [-0.39, 0.29) is 5.60 Å². The standard InChI is InChI=1S/C8H13ClO2/c1-7(2)5-8(9,6-10)3-4-11-7/h6H,3-5H2,1-2H3. The van der Waals surface area contributed by atoms with Crippen LogP contribution in [0.3, 0.4) is 0 Å². The van der Waals surface area contributed by atoms with Gasteiger partial charge in [-0.05, 0) is 20.3 Å². The van der Waals surface area contributed by atoms with E-state index in [1.54, 1.807) is 0 Å². The molecule has 1 unspecified atom stereocenters. The lowest BCUT2D eigenvalue weighted by Crippen LogP contribution is -2.43. The second-order valence-corrected chi connectivity index (χ2v) is 4.44. The van der Waals surface area contributed by atoms with Gasteiger partial charge in [0.25, 0.3) is 0 Å². The number of halogens is 1. The largest absolute Gasteiger partial charge is 0.375 e. The molecule has 1 aliphatic rings. The van der Waals surface area contributed by atoms with Crippen LogP contribution in [0.2, 0.25) is 0 Å². The fourth-order valence-corrected chi connectivity index (χ4v) is 1.84. The summed E-state index contributed by atoms with van der Waals surface area (Å²) in [7, 11) is 0. The molecule has 64 valence electrons. The smallest absolute Gasteiger partial charge is 0.141 e. The Bertz CT molecular complexity index is 167. The number of carbonyl (C=O) groups is 1. The maximum Gasteiger partial charge on any atom is 0.141 e. The average Bonchev–Trinajstić information content (AvgIpc) is 1.85. The van der Waals surface area contributed by atoms with Crippen LogP contribution in [-0.4, -0.2) is 23.4 Å². The Balaban J connectivity index is 2.66. The SMILES string of the molecule is CC1(C)CC(Cl)(C=O)CCO1. The number of alkyl halides is 1. The van der Waals surface area contributed by atoms with Crippen molar-refractivity contribution in [3.63, 3.8) is 0 Å². The maximum atomic E-state index is 10.6. The lowest BCUT2D eigenvalue weighted by atomic mass is 9.89. The summed E-state index contributed by atoms with van der Waals surface area (Å²) in [5.74, 6) is 0. The van der Waals surface area contributed by atoms with Crippen molar-refractivity contribution in [3.8, 4) is 0 Å². The monoisotopic (exact) mass is 176 g/mol. The predicted octanol–water partition coefficient (Wildman–Crippen LogP) is 1.75. The summed E-state index contributed by atoms with van der Waals surface area (Å²) in [6.45, 7) is 4.48. The van der Waals surface area contributed by atoms with Crippen molar-refractivity contribution in [2.75, 3.05) is 6.61 Å². The molecule has 1 aliphatic heterocycles. The van der Waals surface area contributed by atoms with Crippen LogP contribution in [0.1, 0.15) is 26.7 Å². The first kappa shape index (κ1) is 9.01. The Morgan fingerprint density at radius 2 is 2.18 bits per heavy atom. The summed E-state index contributed by atoms with van der Waals surface area (Å²) in [5, 5.41) is 0. The molecule has 1 saturated heterocycles. The molecule has 0 aromatic carbocycles. The van der Waals surface area contributed by atoms with Crippen molar-refractivity contribution in [3.05, 3.63) is 0 Å². The highest BCUT2D eigenvalue weighted by atomic mass is 35.5. The Morgan fingerprint density at radius 1 is 1.55 bits per heavy atom. The molecule has 0 N–H and O–H groups in total. The summed E-state index contributed by atoms with van der Waals surface area (Å²) in [6, 6.07) is 0. The van der Waals surface area contributed by atoms with Gasteiger partial charge in [0.05, 0.1) is 5.60 Å². The summed E-state index contributed by atoms with van der Waals surface area (Å²) in [6.07, 6.45) is 2.06. The van der Waals surface area contributed by atoms with Gasteiger partial charge in [0, 0.05) is 13.0 Å². The van der Waals surface area contributed by atoms with Crippen molar-refractivity contribution < 1.29 is 9.53 Å². The molecule has 1 heterocycles. The van der Waals surface area contributed by atoms with E-state index in [1.807, 2.05) is 13.8 Å². The average molecular weight is 177 g/mol. The van der Waals surface area contributed by atoms with Gasteiger partial charge in [-0.15, -0.1) is 11.6 Å². The highest BCUT2D eigenvalue weighted by molar-refractivity contribution is 6.31. The van der Waals surface area contributed by atoms with Crippen LogP contribution in [0.5, 0.6) is 0 Å². The normalized spacial score (nSPS) is 36.6. The van der Waals surface area contributed by atoms with Crippen molar-refractivity contribution in [2.24, 2.45) is 0 Å². The molecule has 0 aromatic rings. The molecule has 0 aromatic heterocycles. The summed E-state index contributed by atoms with van der Waals surface area (Å²) in [5.41, 5.74) is -0.249. The van der Waals surface area contributed by atoms with Crippen molar-refractivity contribution in [2.45, 2.75) is 37.2 Å². The third-order valence-corrected chi connectivity index (χ3v) is 2.35. The predicted molar refractivity (Wildman–Crippen MR) is 43.9 cm³/mol. The lowest BCUT2D eigenvalue weighted by Gasteiger charge is -2.37. The van der Waals surface area contributed by atoms with Gasteiger partial charge in [0.1, 0.15) is 11.2 Å². The number of hydrogen-bond acceptors (Lipinski definition) is 2. The third-order valence-electron chi connectivity index (χ3n) is 1.94. The highest BCUT2D eigenvalue weighted by Gasteiger charge is 2.39. The van der Waals surface area contributed by atoms with Crippen LogP contribution < -0.4 is 0 Å². The number of rotatable bonds is 1. The second kappa shape index (κ2) is 2.76. The minimum absolute atomic E-state index is 0.249. The summed E-state index contributed by atoms with van der Waals surface area (Å²) >= 11 is 6.00. The van der Waals surface area contributed by atoms with Crippen molar-refractivity contribution in [1.82, 2.24) is 0 Å². The Morgan fingerprint density at radius 3 is 2.55 bits per heavy atom. The summed E-state index contributed by atoms with van der Waals surface area (Å²) < 4.78 is 5.42. The van der Waals surface area contributed by atoms with Gasteiger partial charge < -0.3 is 9.53 Å². The number of hydrogen-bond donors (Lipinski definition) is 0. The van der Waals surface area contributed by atoms with Crippen LogP contribution in [0.25, 0.3) is 0 Å². The quantitative estimate of drug-likeness (QED) is 0.450. The zero-order chi connectivity index (χ0) is 8.54. The Labute approximate surface area is 71.9 Å². The lowest BCUT2D eigenvalue weighted by molar-refractivity contribution is -0.118. The van der Waals surface area contributed by atoms with Gasteiger partial charge in [-0.3, -0.25) is 0 Å². The topological polar surface area (TPSA) is 26.3 Å². The van der Waals surface area contributed by atoms with Gasteiger partial charge in [-0.1, -0.05) is 0 Å². The van der Waals surface area contributed by atoms with E-state index in [0.29, 0.717) is 19.4 Å². The molecular formula is C8H13ClO2. The molecule has 0 bridgehead atoms. The molecule has 1 atom stereocenters. The number of aldehydes is 1. The van der Waals surface area contributed by atoms with Gasteiger partial charge >= 0.3 is 0 Å². The fraction of sp³-hybridized carbons (Fsp3) is 0.875. The van der Waals surface area contributed by atoms with E-state index in [9.17, 15) is 4.79 Å². The molecule has 1 fully saturated rings. The minimum Gasteiger partial charge on any atom is -0.375 e. The first-order chi connectivity index (χ1) is 4.97. The molecule has 1 rings (SSSR count). The van der Waals surface area contributed by atoms with E-state index in [2.05, 4.69) is 0 Å². The summed E-state index contributed by atoms with van der Waals surface area (Å²) in [4.78, 5) is 9.90. The number of carbonyl (C=O) groups excluding carboxylic acids is 1. The molecule has 0 saturated carbocycles. The second-order valence-electron chi connectivity index (χ2n) is 3.69. The Kier molecular flexibility index (Phi) is 2.26. The molecule has 11 heavy (non-hydrogen) atoms. The zero-order valence-electron chi connectivity index (χ0n) is 6.89. The Hall–Kier alpha value is -0.0800. The van der Waals surface area contributed by atoms with Crippen LogP contribution in [0.4, 0.5) is 0 Å². The minimum atomic E-state index is -0.679. The third kappa shape index (κ3) is 2.17. The number of ether oxygens (including phenoxy) is 1. The maximum absolute atomic E-state index is 10.6. The van der Waals surface area contributed by atoms with Gasteiger partial charge in [0.2, 0.25) is 0 Å². The molecular weight excluding hydrogens is 164 g/mol. The fourth-order valence-electron chi connectivity index (χ4n) is 1.44. The molecule has 0 spiro atoms. The first-order valence-electron chi connectivity index (χ1n) is 3.77. The van der Waals surface area contributed by atoms with Crippen LogP contribution in [-0.2, 0) is 9.53 Å². The highest BCUT2D eigenvalue weighted by Crippen LogP contribution is 2.35. The zero-order valence-corrected chi connectivity index (χ0v) is 7.65. The first-order valence-corrected chi connectivity index (χ1v) is 4.14. The van der Waals surface area contributed by atoms with Crippen LogP contribution in [0, 0.1) is 0 Å². The van der Waals surface area contributed by atoms with Gasteiger partial charge in [-0.2, -0.15) is 0 Å². The van der Waals surface area contributed by atoms with Crippen LogP contribution in [0.15, 0.2) is 0 Å². The van der Waals surface area contributed by atoms with Gasteiger partial charge in [0.15, 0.2) is 0 Å². The molecule has 2 nitrogen and oxygen atoms in total. The molecule has 3 heteroatoms. The van der Waals surface area contributed by atoms with Gasteiger partial charge in [-0.25, -0.2) is 0 Å². The van der Waals surface area contributed by atoms with E-state index >= 15 is 0 Å². The molecule has 0 aliphatic carbocycles. The van der Waals surface area contributed by atoms with Crippen LogP contribution >= 0.6 is 11.6 Å². The van der Waals surface area contributed by atoms with E-state index in [4.69, 9.17) is 16.3 Å². The molecule has 0 radical (unpaired) electrons. The van der Waals surface area contributed by atoms with E-state index in [1.165, 1.54) is 0 Å².